The van der Waals surface area contributed by atoms with E-state index in [0.29, 0.717) is 22.8 Å². The van der Waals surface area contributed by atoms with Crippen LogP contribution in [0.1, 0.15) is 11.1 Å². The standard InChI is InChI=1S/C17H15ClN4O/c1-12-2-4-13(5-3-12)8-17(23)21-15-9-14(18)6-7-16(15)22-11-19-10-20-22/h2-7,9-11H,8H2,1H3,(H,21,23). The molecule has 2 aromatic carbocycles. The number of aromatic nitrogens is 3. The summed E-state index contributed by atoms with van der Waals surface area (Å²) in [7, 11) is 0. The predicted octanol–water partition coefficient (Wildman–Crippen LogP) is 3.41. The van der Waals surface area contributed by atoms with Crippen molar-refractivity contribution in [2.24, 2.45) is 0 Å². The molecule has 0 radical (unpaired) electrons. The van der Waals surface area contributed by atoms with Gasteiger partial charge in [0, 0.05) is 5.02 Å². The van der Waals surface area contributed by atoms with Gasteiger partial charge >= 0.3 is 0 Å². The maximum Gasteiger partial charge on any atom is 0.228 e. The number of anilines is 1. The molecular formula is C17H15ClN4O. The smallest absolute Gasteiger partial charge is 0.228 e. The number of benzene rings is 2. The second-order valence-electron chi connectivity index (χ2n) is 5.21. The number of carbonyl (C=O) groups is 1. The Morgan fingerprint density at radius 3 is 2.70 bits per heavy atom. The molecule has 3 rings (SSSR count). The average Bonchev–Trinajstić information content (AvgIpc) is 3.04. The van der Waals surface area contributed by atoms with Gasteiger partial charge in [-0.25, -0.2) is 9.67 Å². The summed E-state index contributed by atoms with van der Waals surface area (Å²) < 4.78 is 1.58. The van der Waals surface area contributed by atoms with E-state index in [2.05, 4.69) is 15.4 Å². The number of hydrogen-bond donors (Lipinski definition) is 1. The van der Waals surface area contributed by atoms with Crippen molar-refractivity contribution in [3.8, 4) is 5.69 Å². The van der Waals surface area contributed by atoms with E-state index in [9.17, 15) is 4.79 Å². The van der Waals surface area contributed by atoms with Gasteiger partial charge in [-0.1, -0.05) is 41.4 Å². The Morgan fingerprint density at radius 2 is 2.00 bits per heavy atom. The molecule has 3 aromatic rings. The van der Waals surface area contributed by atoms with Crippen LogP contribution in [0.5, 0.6) is 0 Å². The number of rotatable bonds is 4. The Kier molecular flexibility index (Phi) is 4.39. The SMILES string of the molecule is Cc1ccc(CC(=O)Nc2cc(Cl)ccc2-n2cncn2)cc1. The zero-order valence-corrected chi connectivity index (χ0v) is 13.3. The van der Waals surface area contributed by atoms with Gasteiger partial charge in [0.1, 0.15) is 12.7 Å². The molecule has 1 N–H and O–H groups in total. The largest absolute Gasteiger partial charge is 0.324 e. The normalized spacial score (nSPS) is 10.5. The average molecular weight is 327 g/mol. The Hall–Kier alpha value is -2.66. The van der Waals surface area contributed by atoms with Gasteiger partial charge in [-0.2, -0.15) is 5.10 Å². The molecule has 0 unspecified atom stereocenters. The molecule has 1 aromatic heterocycles. The molecule has 6 heteroatoms. The highest BCUT2D eigenvalue weighted by molar-refractivity contribution is 6.31. The highest BCUT2D eigenvalue weighted by Crippen LogP contribution is 2.24. The number of nitrogens with one attached hydrogen (secondary N) is 1. The fourth-order valence-electron chi connectivity index (χ4n) is 2.23. The number of halogens is 1. The van der Waals surface area contributed by atoms with Crippen molar-refractivity contribution in [2.45, 2.75) is 13.3 Å². The lowest BCUT2D eigenvalue weighted by atomic mass is 10.1. The van der Waals surface area contributed by atoms with Gasteiger partial charge in [-0.05, 0) is 30.7 Å². The van der Waals surface area contributed by atoms with Crippen molar-refractivity contribution in [3.63, 3.8) is 0 Å². The van der Waals surface area contributed by atoms with E-state index in [-0.39, 0.29) is 5.91 Å². The van der Waals surface area contributed by atoms with Crippen LogP contribution in [-0.4, -0.2) is 20.7 Å². The van der Waals surface area contributed by atoms with Crippen molar-refractivity contribution in [3.05, 3.63) is 71.3 Å². The molecule has 5 nitrogen and oxygen atoms in total. The molecule has 116 valence electrons. The summed E-state index contributed by atoms with van der Waals surface area (Å²) in [5, 5.41) is 7.52. The van der Waals surface area contributed by atoms with Gasteiger partial charge < -0.3 is 5.32 Å². The zero-order valence-electron chi connectivity index (χ0n) is 12.5. The third-order valence-electron chi connectivity index (χ3n) is 3.38. The molecular weight excluding hydrogens is 312 g/mol. The lowest BCUT2D eigenvalue weighted by Gasteiger charge is -2.11. The summed E-state index contributed by atoms with van der Waals surface area (Å²) in [6.45, 7) is 2.01. The van der Waals surface area contributed by atoms with E-state index < -0.39 is 0 Å². The predicted molar refractivity (Wildman–Crippen MR) is 89.9 cm³/mol. The minimum absolute atomic E-state index is 0.113. The van der Waals surface area contributed by atoms with Gasteiger partial charge in [0.05, 0.1) is 17.8 Å². The number of hydrogen-bond acceptors (Lipinski definition) is 3. The van der Waals surface area contributed by atoms with Crippen LogP contribution in [0.25, 0.3) is 5.69 Å². The first-order valence-corrected chi connectivity index (χ1v) is 7.49. The summed E-state index contributed by atoms with van der Waals surface area (Å²) in [5.41, 5.74) is 3.43. The summed E-state index contributed by atoms with van der Waals surface area (Å²) in [6, 6.07) is 13.1. The molecule has 0 aliphatic carbocycles. The number of carbonyl (C=O) groups excluding carboxylic acids is 1. The minimum atomic E-state index is -0.113. The monoisotopic (exact) mass is 326 g/mol. The Morgan fingerprint density at radius 1 is 1.22 bits per heavy atom. The first kappa shape index (κ1) is 15.2. The van der Waals surface area contributed by atoms with Crippen molar-refractivity contribution in [1.82, 2.24) is 14.8 Å². The van der Waals surface area contributed by atoms with Gasteiger partial charge in [0.2, 0.25) is 5.91 Å². The molecule has 1 heterocycles. The first-order chi connectivity index (χ1) is 11.1. The number of amides is 1. The molecule has 0 atom stereocenters. The van der Waals surface area contributed by atoms with E-state index in [1.165, 1.54) is 6.33 Å². The molecule has 0 spiro atoms. The van der Waals surface area contributed by atoms with E-state index in [1.54, 1.807) is 29.2 Å². The quantitative estimate of drug-likeness (QED) is 0.799. The van der Waals surface area contributed by atoms with Crippen LogP contribution in [0, 0.1) is 6.92 Å². The fraction of sp³-hybridized carbons (Fsp3) is 0.118. The Bertz CT molecular complexity index is 813. The lowest BCUT2D eigenvalue weighted by molar-refractivity contribution is -0.115. The van der Waals surface area contributed by atoms with E-state index in [1.807, 2.05) is 31.2 Å². The summed E-state index contributed by atoms with van der Waals surface area (Å²) in [4.78, 5) is 16.2. The molecule has 1 amide bonds. The van der Waals surface area contributed by atoms with Crippen LogP contribution < -0.4 is 5.32 Å². The molecule has 23 heavy (non-hydrogen) atoms. The van der Waals surface area contributed by atoms with Crippen LogP contribution in [-0.2, 0) is 11.2 Å². The molecule has 0 saturated carbocycles. The topological polar surface area (TPSA) is 59.8 Å². The van der Waals surface area contributed by atoms with Crippen molar-refractivity contribution in [2.75, 3.05) is 5.32 Å². The van der Waals surface area contributed by atoms with Crippen LogP contribution >= 0.6 is 11.6 Å². The van der Waals surface area contributed by atoms with Gasteiger partial charge in [0.15, 0.2) is 0 Å². The highest BCUT2D eigenvalue weighted by atomic mass is 35.5. The highest BCUT2D eigenvalue weighted by Gasteiger charge is 2.10. The van der Waals surface area contributed by atoms with Crippen LogP contribution in [0.2, 0.25) is 5.02 Å². The fourth-order valence-corrected chi connectivity index (χ4v) is 2.40. The lowest BCUT2D eigenvalue weighted by Crippen LogP contribution is -2.16. The van der Waals surface area contributed by atoms with Crippen LogP contribution in [0.4, 0.5) is 5.69 Å². The molecule has 0 saturated heterocycles. The third-order valence-corrected chi connectivity index (χ3v) is 3.62. The van der Waals surface area contributed by atoms with Gasteiger partial charge in [0.25, 0.3) is 0 Å². The first-order valence-electron chi connectivity index (χ1n) is 7.12. The molecule has 0 bridgehead atoms. The van der Waals surface area contributed by atoms with Crippen molar-refractivity contribution >= 4 is 23.2 Å². The van der Waals surface area contributed by atoms with Crippen molar-refractivity contribution in [1.29, 1.82) is 0 Å². The summed E-state index contributed by atoms with van der Waals surface area (Å²) >= 11 is 6.04. The maximum absolute atomic E-state index is 12.3. The number of nitrogens with zero attached hydrogens (tertiary/aromatic N) is 3. The zero-order chi connectivity index (χ0) is 16.2. The molecule has 0 fully saturated rings. The van der Waals surface area contributed by atoms with Gasteiger partial charge in [-0.15, -0.1) is 0 Å². The Labute approximate surface area is 138 Å². The van der Waals surface area contributed by atoms with Gasteiger partial charge in [-0.3, -0.25) is 4.79 Å². The summed E-state index contributed by atoms with van der Waals surface area (Å²) in [5.74, 6) is -0.113. The third kappa shape index (κ3) is 3.76. The molecule has 0 aliphatic rings. The molecule has 0 aliphatic heterocycles. The minimum Gasteiger partial charge on any atom is -0.324 e. The van der Waals surface area contributed by atoms with E-state index in [4.69, 9.17) is 11.6 Å². The second kappa shape index (κ2) is 6.62. The van der Waals surface area contributed by atoms with E-state index in [0.717, 1.165) is 11.1 Å². The maximum atomic E-state index is 12.3. The Balaban J connectivity index is 1.80. The van der Waals surface area contributed by atoms with Crippen LogP contribution in [0.15, 0.2) is 55.1 Å². The van der Waals surface area contributed by atoms with Crippen LogP contribution in [0.3, 0.4) is 0 Å². The second-order valence-corrected chi connectivity index (χ2v) is 5.65. The van der Waals surface area contributed by atoms with Crippen molar-refractivity contribution < 1.29 is 4.79 Å². The number of aryl methyl sites for hydroxylation is 1. The van der Waals surface area contributed by atoms with E-state index >= 15 is 0 Å². The summed E-state index contributed by atoms with van der Waals surface area (Å²) in [6.07, 6.45) is 3.30.